The molecule has 3 nitrogen and oxygen atoms in total. The number of nitrogens with one attached hydrogen (secondary N) is 1. The highest BCUT2D eigenvalue weighted by molar-refractivity contribution is 5.83. The Morgan fingerprint density at radius 2 is 1.95 bits per heavy atom. The van der Waals surface area contributed by atoms with Crippen molar-refractivity contribution in [3.8, 4) is 0 Å². The normalized spacial score (nSPS) is 17.1. The third-order valence-corrected chi connectivity index (χ3v) is 4.32. The molecule has 110 valence electrons. The largest absolute Gasteiger partial charge is 0.356 e. The van der Waals surface area contributed by atoms with Crippen molar-refractivity contribution in [2.75, 3.05) is 13.1 Å². The van der Waals surface area contributed by atoms with Crippen LogP contribution in [-0.4, -0.2) is 19.0 Å². The van der Waals surface area contributed by atoms with Gasteiger partial charge in [0.1, 0.15) is 0 Å². The standard InChI is InChI=1S/C17H26N2O/c18-13-16(15-10-2-1-3-11-15)17(20)19-12-6-9-14-7-4-5-8-14/h1-3,10-11,14,16H,4-9,12-13,18H2,(H,19,20). The lowest BCUT2D eigenvalue weighted by molar-refractivity contribution is -0.122. The van der Waals surface area contributed by atoms with Crippen LogP contribution in [0.1, 0.15) is 50.0 Å². The van der Waals surface area contributed by atoms with E-state index >= 15 is 0 Å². The van der Waals surface area contributed by atoms with Crippen LogP contribution in [0.2, 0.25) is 0 Å². The molecular weight excluding hydrogens is 248 g/mol. The lowest BCUT2D eigenvalue weighted by Crippen LogP contribution is -2.34. The molecule has 3 heteroatoms. The molecule has 0 spiro atoms. The van der Waals surface area contributed by atoms with Crippen LogP contribution in [0.4, 0.5) is 0 Å². The van der Waals surface area contributed by atoms with E-state index in [0.29, 0.717) is 6.54 Å². The van der Waals surface area contributed by atoms with Gasteiger partial charge in [0.05, 0.1) is 5.92 Å². The van der Waals surface area contributed by atoms with Crippen LogP contribution in [-0.2, 0) is 4.79 Å². The summed E-state index contributed by atoms with van der Waals surface area (Å²) in [5, 5.41) is 3.04. The molecule has 0 bridgehead atoms. The van der Waals surface area contributed by atoms with Gasteiger partial charge in [-0.2, -0.15) is 0 Å². The number of benzene rings is 1. The summed E-state index contributed by atoms with van der Waals surface area (Å²) in [7, 11) is 0. The van der Waals surface area contributed by atoms with Gasteiger partial charge in [-0.05, 0) is 24.3 Å². The van der Waals surface area contributed by atoms with Crippen LogP contribution in [0.5, 0.6) is 0 Å². The van der Waals surface area contributed by atoms with Crippen LogP contribution >= 0.6 is 0 Å². The summed E-state index contributed by atoms with van der Waals surface area (Å²) >= 11 is 0. The summed E-state index contributed by atoms with van der Waals surface area (Å²) in [6, 6.07) is 9.79. The number of nitrogens with two attached hydrogens (primary N) is 1. The van der Waals surface area contributed by atoms with E-state index in [9.17, 15) is 4.79 Å². The van der Waals surface area contributed by atoms with E-state index in [0.717, 1.165) is 24.4 Å². The van der Waals surface area contributed by atoms with Gasteiger partial charge in [0.15, 0.2) is 0 Å². The van der Waals surface area contributed by atoms with Gasteiger partial charge in [-0.3, -0.25) is 4.79 Å². The van der Waals surface area contributed by atoms with E-state index in [4.69, 9.17) is 5.73 Å². The number of carbonyl (C=O) groups excluding carboxylic acids is 1. The summed E-state index contributed by atoms with van der Waals surface area (Å²) in [5.74, 6) is 0.735. The van der Waals surface area contributed by atoms with Gasteiger partial charge in [0, 0.05) is 13.1 Å². The Hall–Kier alpha value is -1.35. The topological polar surface area (TPSA) is 55.1 Å². The number of carbonyl (C=O) groups is 1. The molecule has 0 aromatic heterocycles. The number of rotatable bonds is 7. The molecule has 2 rings (SSSR count). The molecule has 0 aliphatic heterocycles. The summed E-state index contributed by atoms with van der Waals surface area (Å²) in [6.07, 6.45) is 7.87. The van der Waals surface area contributed by atoms with Crippen LogP contribution in [0, 0.1) is 5.92 Å². The van der Waals surface area contributed by atoms with Crippen LogP contribution in [0.3, 0.4) is 0 Å². The molecule has 1 aromatic carbocycles. The first-order valence-corrected chi connectivity index (χ1v) is 7.84. The summed E-state index contributed by atoms with van der Waals surface area (Å²) in [6.45, 7) is 1.14. The predicted molar refractivity (Wildman–Crippen MR) is 82.4 cm³/mol. The molecule has 3 N–H and O–H groups in total. The Bertz CT molecular complexity index is 399. The van der Waals surface area contributed by atoms with E-state index in [1.807, 2.05) is 30.3 Å². The SMILES string of the molecule is NCC(C(=O)NCCCC1CCCC1)c1ccccc1. The zero-order valence-electron chi connectivity index (χ0n) is 12.2. The summed E-state index contributed by atoms with van der Waals surface area (Å²) < 4.78 is 0. The molecule has 1 fully saturated rings. The Labute approximate surface area is 121 Å². The smallest absolute Gasteiger partial charge is 0.228 e. The predicted octanol–water partition coefficient (Wildman–Crippen LogP) is 2.82. The van der Waals surface area contributed by atoms with Gasteiger partial charge in [-0.15, -0.1) is 0 Å². The first kappa shape index (κ1) is 15.0. The second kappa shape index (κ2) is 8.05. The highest BCUT2D eigenvalue weighted by Gasteiger charge is 2.18. The van der Waals surface area contributed by atoms with Crippen LogP contribution in [0.15, 0.2) is 30.3 Å². The molecule has 0 radical (unpaired) electrons. The first-order valence-electron chi connectivity index (χ1n) is 7.84. The zero-order valence-corrected chi connectivity index (χ0v) is 12.2. The van der Waals surface area contributed by atoms with Crippen molar-refractivity contribution in [1.29, 1.82) is 0 Å². The van der Waals surface area contributed by atoms with E-state index in [1.165, 1.54) is 32.1 Å². The second-order valence-corrected chi connectivity index (χ2v) is 5.78. The van der Waals surface area contributed by atoms with Gasteiger partial charge in [-0.25, -0.2) is 0 Å². The number of hydrogen-bond acceptors (Lipinski definition) is 2. The second-order valence-electron chi connectivity index (χ2n) is 5.78. The molecule has 20 heavy (non-hydrogen) atoms. The number of amides is 1. The molecule has 1 saturated carbocycles. The summed E-state index contributed by atoms with van der Waals surface area (Å²) in [5.41, 5.74) is 6.75. The van der Waals surface area contributed by atoms with Gasteiger partial charge in [0.2, 0.25) is 5.91 Å². The van der Waals surface area contributed by atoms with Gasteiger partial charge >= 0.3 is 0 Å². The molecule has 0 heterocycles. The van der Waals surface area contributed by atoms with Crippen LogP contribution < -0.4 is 11.1 Å². The minimum Gasteiger partial charge on any atom is -0.356 e. The maximum atomic E-state index is 12.2. The average molecular weight is 274 g/mol. The molecule has 1 unspecified atom stereocenters. The van der Waals surface area contributed by atoms with Gasteiger partial charge < -0.3 is 11.1 Å². The molecule has 0 saturated heterocycles. The van der Waals surface area contributed by atoms with Crippen molar-refractivity contribution in [1.82, 2.24) is 5.32 Å². The molecule has 1 aromatic rings. The fourth-order valence-corrected chi connectivity index (χ4v) is 3.10. The van der Waals surface area contributed by atoms with Gasteiger partial charge in [-0.1, -0.05) is 56.0 Å². The van der Waals surface area contributed by atoms with Crippen molar-refractivity contribution in [3.63, 3.8) is 0 Å². The Morgan fingerprint density at radius 1 is 1.25 bits per heavy atom. The molecule has 1 atom stereocenters. The third-order valence-electron chi connectivity index (χ3n) is 4.32. The first-order chi connectivity index (χ1) is 9.81. The van der Waals surface area contributed by atoms with E-state index in [-0.39, 0.29) is 11.8 Å². The highest BCUT2D eigenvalue weighted by Crippen LogP contribution is 2.28. The van der Waals surface area contributed by atoms with E-state index in [1.54, 1.807) is 0 Å². The van der Waals surface area contributed by atoms with Crippen molar-refractivity contribution >= 4 is 5.91 Å². The molecule has 1 aliphatic carbocycles. The highest BCUT2D eigenvalue weighted by atomic mass is 16.1. The van der Waals surface area contributed by atoms with Crippen molar-refractivity contribution in [3.05, 3.63) is 35.9 Å². The van der Waals surface area contributed by atoms with Gasteiger partial charge in [0.25, 0.3) is 0 Å². The lowest BCUT2D eigenvalue weighted by Gasteiger charge is -2.16. The quantitative estimate of drug-likeness (QED) is 0.751. The van der Waals surface area contributed by atoms with Crippen molar-refractivity contribution in [2.45, 2.75) is 44.4 Å². The van der Waals surface area contributed by atoms with Crippen molar-refractivity contribution in [2.24, 2.45) is 11.7 Å². The van der Waals surface area contributed by atoms with E-state index in [2.05, 4.69) is 5.32 Å². The zero-order chi connectivity index (χ0) is 14.2. The summed E-state index contributed by atoms with van der Waals surface area (Å²) in [4.78, 5) is 12.2. The fourth-order valence-electron chi connectivity index (χ4n) is 3.10. The Balaban J connectivity index is 1.72. The number of hydrogen-bond donors (Lipinski definition) is 2. The third kappa shape index (κ3) is 4.34. The van der Waals surface area contributed by atoms with E-state index < -0.39 is 0 Å². The maximum Gasteiger partial charge on any atom is 0.228 e. The fraction of sp³-hybridized carbons (Fsp3) is 0.588. The average Bonchev–Trinajstić information content (AvgIpc) is 2.99. The minimum atomic E-state index is -0.220. The maximum absolute atomic E-state index is 12.2. The Kier molecular flexibility index (Phi) is 6.06. The molecule has 1 aliphatic rings. The van der Waals surface area contributed by atoms with Crippen molar-refractivity contribution < 1.29 is 4.79 Å². The molecular formula is C17H26N2O. The minimum absolute atomic E-state index is 0.0603. The monoisotopic (exact) mass is 274 g/mol. The Morgan fingerprint density at radius 3 is 2.60 bits per heavy atom. The van der Waals surface area contributed by atoms with Crippen LogP contribution in [0.25, 0.3) is 0 Å². The molecule has 1 amide bonds. The lowest BCUT2D eigenvalue weighted by atomic mass is 9.98.